The molecule has 0 radical (unpaired) electrons. The smallest absolute Gasteiger partial charge is 0.0785 e. The lowest BCUT2D eigenvalue weighted by Crippen LogP contribution is -1.89. The van der Waals surface area contributed by atoms with E-state index in [9.17, 15) is 0 Å². The van der Waals surface area contributed by atoms with E-state index in [-0.39, 0.29) is 0 Å². The zero-order valence-corrected chi connectivity index (χ0v) is 10.3. The first-order valence-corrected chi connectivity index (χ1v) is 5.58. The number of halogens is 3. The third kappa shape index (κ3) is 2.09. The number of hydrogen-bond acceptors (Lipinski definition) is 2. The van der Waals surface area contributed by atoms with Crippen LogP contribution in [0.25, 0.3) is 11.3 Å². The molecule has 0 aliphatic rings. The highest BCUT2D eigenvalue weighted by atomic mass is 35.5. The number of aromatic nitrogens is 1. The Bertz CT molecular complexity index is 523. The number of nitrogen functional groups attached to an aromatic ring is 1. The predicted molar refractivity (Wildman–Crippen MR) is 69.1 cm³/mol. The van der Waals surface area contributed by atoms with Crippen molar-refractivity contribution >= 4 is 40.5 Å². The summed E-state index contributed by atoms with van der Waals surface area (Å²) in [5.41, 5.74) is 7.59. The molecule has 1 heterocycles. The van der Waals surface area contributed by atoms with Gasteiger partial charge in [0.1, 0.15) is 0 Å². The molecule has 1 aromatic carbocycles. The summed E-state index contributed by atoms with van der Waals surface area (Å²) < 4.78 is 0. The Morgan fingerprint density at radius 2 is 1.69 bits per heavy atom. The minimum Gasteiger partial charge on any atom is -0.397 e. The molecule has 0 unspecified atom stereocenters. The van der Waals surface area contributed by atoms with Gasteiger partial charge in [0, 0.05) is 5.56 Å². The minimum atomic E-state index is 0.333. The van der Waals surface area contributed by atoms with E-state index in [0.717, 1.165) is 5.56 Å². The van der Waals surface area contributed by atoms with Crippen LogP contribution in [0, 0.1) is 0 Å². The van der Waals surface area contributed by atoms with Crippen LogP contribution in [-0.2, 0) is 0 Å². The summed E-state index contributed by atoms with van der Waals surface area (Å²) in [6, 6.07) is 6.99. The fourth-order valence-electron chi connectivity index (χ4n) is 1.29. The molecule has 2 nitrogen and oxygen atoms in total. The SMILES string of the molecule is Nc1ccc(-c2ccc(Cl)c(Cl)c2Cl)nc1. The second-order valence-corrected chi connectivity index (χ2v) is 4.36. The van der Waals surface area contributed by atoms with E-state index >= 15 is 0 Å². The molecule has 16 heavy (non-hydrogen) atoms. The van der Waals surface area contributed by atoms with Crippen molar-refractivity contribution in [1.82, 2.24) is 4.98 Å². The Morgan fingerprint density at radius 1 is 0.938 bits per heavy atom. The van der Waals surface area contributed by atoms with Crippen LogP contribution < -0.4 is 5.73 Å². The van der Waals surface area contributed by atoms with Crippen molar-refractivity contribution in [3.63, 3.8) is 0 Å². The molecule has 0 saturated carbocycles. The summed E-state index contributed by atoms with van der Waals surface area (Å²) in [5, 5.41) is 1.15. The van der Waals surface area contributed by atoms with E-state index in [1.807, 2.05) is 0 Å². The maximum absolute atomic E-state index is 6.09. The molecule has 1 aromatic heterocycles. The molecule has 0 amide bonds. The predicted octanol–water partition coefficient (Wildman–Crippen LogP) is 4.29. The first-order valence-electron chi connectivity index (χ1n) is 4.45. The van der Waals surface area contributed by atoms with Crippen LogP contribution in [-0.4, -0.2) is 4.98 Å². The highest BCUT2D eigenvalue weighted by Gasteiger charge is 2.10. The summed E-state index contributed by atoms with van der Waals surface area (Å²) >= 11 is 17.9. The van der Waals surface area contributed by atoms with Gasteiger partial charge in [0.25, 0.3) is 0 Å². The van der Waals surface area contributed by atoms with Gasteiger partial charge in [-0.1, -0.05) is 34.8 Å². The van der Waals surface area contributed by atoms with Crippen LogP contribution in [0.3, 0.4) is 0 Å². The standard InChI is InChI=1S/C11H7Cl3N2/c12-8-3-2-7(10(13)11(8)14)9-4-1-6(15)5-16-9/h1-5H,15H2. The van der Waals surface area contributed by atoms with E-state index in [0.29, 0.717) is 26.4 Å². The number of nitrogens with two attached hydrogens (primary N) is 1. The zero-order valence-electron chi connectivity index (χ0n) is 8.05. The molecule has 0 atom stereocenters. The molecule has 2 N–H and O–H groups in total. The van der Waals surface area contributed by atoms with Crippen LogP contribution in [0.4, 0.5) is 5.69 Å². The van der Waals surface area contributed by atoms with Gasteiger partial charge < -0.3 is 5.73 Å². The lowest BCUT2D eigenvalue weighted by Gasteiger charge is -2.06. The topological polar surface area (TPSA) is 38.9 Å². The Kier molecular flexibility index (Phi) is 3.24. The quantitative estimate of drug-likeness (QED) is 0.787. The van der Waals surface area contributed by atoms with Crippen molar-refractivity contribution in [2.24, 2.45) is 0 Å². The lowest BCUT2D eigenvalue weighted by molar-refractivity contribution is 1.33. The highest BCUT2D eigenvalue weighted by molar-refractivity contribution is 6.49. The van der Waals surface area contributed by atoms with Crippen LogP contribution in [0.1, 0.15) is 0 Å². The fraction of sp³-hybridized carbons (Fsp3) is 0. The van der Waals surface area contributed by atoms with Crippen LogP contribution in [0.2, 0.25) is 15.1 Å². The van der Waals surface area contributed by atoms with Gasteiger partial charge in [-0.3, -0.25) is 4.98 Å². The minimum absolute atomic E-state index is 0.333. The molecule has 0 spiro atoms. The van der Waals surface area contributed by atoms with Gasteiger partial charge in [-0.25, -0.2) is 0 Å². The second kappa shape index (κ2) is 4.50. The van der Waals surface area contributed by atoms with Crippen molar-refractivity contribution in [3.8, 4) is 11.3 Å². The summed E-state index contributed by atoms with van der Waals surface area (Å²) in [6.45, 7) is 0. The van der Waals surface area contributed by atoms with Gasteiger partial charge in [0.05, 0.1) is 32.6 Å². The Balaban J connectivity index is 2.57. The third-order valence-electron chi connectivity index (χ3n) is 2.10. The lowest BCUT2D eigenvalue weighted by atomic mass is 10.1. The van der Waals surface area contributed by atoms with E-state index in [2.05, 4.69) is 4.98 Å². The molecule has 0 aliphatic carbocycles. The normalized spacial score (nSPS) is 10.4. The molecule has 0 aliphatic heterocycles. The van der Waals surface area contributed by atoms with E-state index in [4.69, 9.17) is 40.5 Å². The van der Waals surface area contributed by atoms with Gasteiger partial charge in [-0.05, 0) is 24.3 Å². The van der Waals surface area contributed by atoms with Gasteiger partial charge in [0.15, 0.2) is 0 Å². The van der Waals surface area contributed by atoms with Crippen LogP contribution in [0.5, 0.6) is 0 Å². The first kappa shape index (κ1) is 11.5. The van der Waals surface area contributed by atoms with E-state index < -0.39 is 0 Å². The number of hydrogen-bond donors (Lipinski definition) is 1. The van der Waals surface area contributed by atoms with E-state index in [1.165, 1.54) is 0 Å². The Hall–Kier alpha value is -0.960. The molecule has 0 fully saturated rings. The maximum Gasteiger partial charge on any atom is 0.0785 e. The average molecular weight is 274 g/mol. The monoisotopic (exact) mass is 272 g/mol. The fourth-order valence-corrected chi connectivity index (χ4v) is 1.92. The average Bonchev–Trinajstić information content (AvgIpc) is 2.28. The number of nitrogens with zero attached hydrogens (tertiary/aromatic N) is 1. The molecule has 2 rings (SSSR count). The van der Waals surface area contributed by atoms with E-state index in [1.54, 1.807) is 30.5 Å². The molecule has 0 bridgehead atoms. The van der Waals surface area contributed by atoms with Crippen molar-refractivity contribution in [3.05, 3.63) is 45.5 Å². The summed E-state index contributed by atoms with van der Waals surface area (Å²) in [4.78, 5) is 4.17. The van der Waals surface area contributed by atoms with Crippen LogP contribution in [0.15, 0.2) is 30.5 Å². The van der Waals surface area contributed by atoms with Gasteiger partial charge >= 0.3 is 0 Å². The second-order valence-electron chi connectivity index (χ2n) is 3.20. The first-order chi connectivity index (χ1) is 7.59. The van der Waals surface area contributed by atoms with Crippen molar-refractivity contribution < 1.29 is 0 Å². The third-order valence-corrected chi connectivity index (χ3v) is 3.39. The summed E-state index contributed by atoms with van der Waals surface area (Å²) in [6.07, 6.45) is 1.56. The summed E-state index contributed by atoms with van der Waals surface area (Å²) in [7, 11) is 0. The molecule has 82 valence electrons. The molecular weight excluding hydrogens is 266 g/mol. The molecule has 2 aromatic rings. The van der Waals surface area contributed by atoms with Crippen molar-refractivity contribution in [2.45, 2.75) is 0 Å². The molecule has 0 saturated heterocycles. The molecule has 5 heteroatoms. The van der Waals surface area contributed by atoms with Gasteiger partial charge in [-0.15, -0.1) is 0 Å². The Labute approximate surface area is 108 Å². The molecular formula is C11H7Cl3N2. The number of pyridine rings is 1. The highest BCUT2D eigenvalue weighted by Crippen LogP contribution is 2.37. The zero-order chi connectivity index (χ0) is 11.7. The number of rotatable bonds is 1. The van der Waals surface area contributed by atoms with Gasteiger partial charge in [0.2, 0.25) is 0 Å². The van der Waals surface area contributed by atoms with Crippen molar-refractivity contribution in [2.75, 3.05) is 5.73 Å². The maximum atomic E-state index is 6.09. The van der Waals surface area contributed by atoms with Gasteiger partial charge in [-0.2, -0.15) is 0 Å². The summed E-state index contributed by atoms with van der Waals surface area (Å²) in [5.74, 6) is 0. The Morgan fingerprint density at radius 3 is 2.31 bits per heavy atom. The number of anilines is 1. The van der Waals surface area contributed by atoms with Crippen LogP contribution >= 0.6 is 34.8 Å². The van der Waals surface area contributed by atoms with Crippen molar-refractivity contribution in [1.29, 1.82) is 0 Å². The number of benzene rings is 1. The largest absolute Gasteiger partial charge is 0.397 e.